The molecule has 5 nitrogen and oxygen atoms in total. The molecule has 3 N–H and O–H groups in total. The first-order chi connectivity index (χ1) is 9.19. The topological polar surface area (TPSA) is 71.0 Å². The van der Waals surface area contributed by atoms with E-state index in [-0.39, 0.29) is 6.61 Å². The lowest BCUT2D eigenvalue weighted by molar-refractivity contribution is 0.194. The number of aliphatic hydroxyl groups is 1. The van der Waals surface area contributed by atoms with Crippen molar-refractivity contribution in [2.24, 2.45) is 0 Å². The van der Waals surface area contributed by atoms with Gasteiger partial charge in [-0.2, -0.15) is 0 Å². The Bertz CT molecular complexity index is 449. The van der Waals surface area contributed by atoms with Crippen LogP contribution in [0.5, 0.6) is 5.75 Å². The van der Waals surface area contributed by atoms with Crippen LogP contribution in [0.25, 0.3) is 0 Å². The van der Waals surface area contributed by atoms with E-state index >= 15 is 0 Å². The molecular formula is C11H14BCl2NO4. The number of benzene rings is 1. The summed E-state index contributed by atoms with van der Waals surface area (Å²) in [5.74, 6) is 0.512. The van der Waals surface area contributed by atoms with E-state index < -0.39 is 13.2 Å². The smallest absolute Gasteiger partial charge is 0.494 e. The minimum atomic E-state index is -1.09. The molecule has 0 aromatic heterocycles. The third kappa shape index (κ3) is 3.16. The van der Waals surface area contributed by atoms with Gasteiger partial charge in [0.05, 0.1) is 12.7 Å². The van der Waals surface area contributed by atoms with E-state index in [1.54, 1.807) is 12.1 Å². The van der Waals surface area contributed by atoms with Crippen molar-refractivity contribution in [2.45, 2.75) is 12.5 Å². The van der Waals surface area contributed by atoms with E-state index in [1.807, 2.05) is 0 Å². The molecule has 104 valence electrons. The second-order valence-corrected chi connectivity index (χ2v) is 4.79. The van der Waals surface area contributed by atoms with Crippen molar-refractivity contribution in [2.75, 3.05) is 19.8 Å². The van der Waals surface area contributed by atoms with Crippen LogP contribution in [0, 0.1) is 0 Å². The van der Waals surface area contributed by atoms with E-state index in [4.69, 9.17) is 37.9 Å². The van der Waals surface area contributed by atoms with E-state index in [2.05, 4.69) is 4.84 Å². The molecule has 0 fully saturated rings. The Hall–Kier alpha value is -0.495. The van der Waals surface area contributed by atoms with Crippen LogP contribution in [-0.2, 0) is 4.65 Å². The van der Waals surface area contributed by atoms with E-state index in [0.29, 0.717) is 41.4 Å². The maximum atomic E-state index is 9.96. The molecule has 1 aliphatic heterocycles. The maximum Gasteiger partial charge on any atom is 0.495 e. The van der Waals surface area contributed by atoms with Crippen LogP contribution < -0.4 is 15.0 Å². The van der Waals surface area contributed by atoms with Gasteiger partial charge in [0.2, 0.25) is 0 Å². The molecule has 1 unspecified atom stereocenters. The average molecular weight is 306 g/mol. The fourth-order valence-corrected chi connectivity index (χ4v) is 2.48. The monoisotopic (exact) mass is 305 g/mol. The van der Waals surface area contributed by atoms with E-state index in [0.717, 1.165) is 0 Å². The number of nitrogens with one attached hydrogen (secondary N) is 1. The van der Waals surface area contributed by atoms with Gasteiger partial charge in [0.1, 0.15) is 5.75 Å². The number of hydrogen-bond acceptors (Lipinski definition) is 5. The summed E-state index contributed by atoms with van der Waals surface area (Å²) in [5, 5.41) is 19.2. The number of halogens is 2. The molecule has 1 aromatic rings. The first-order valence-electron chi connectivity index (χ1n) is 5.92. The number of hydrogen-bond donors (Lipinski definition) is 3. The summed E-state index contributed by atoms with van der Waals surface area (Å²) in [6.07, 6.45) is 0.0949. The Morgan fingerprint density at radius 1 is 1.47 bits per heavy atom. The minimum Gasteiger partial charge on any atom is -0.494 e. The van der Waals surface area contributed by atoms with Gasteiger partial charge in [0.25, 0.3) is 0 Å². The Labute approximate surface area is 121 Å². The van der Waals surface area contributed by atoms with Gasteiger partial charge in [0, 0.05) is 35.6 Å². The van der Waals surface area contributed by atoms with Crippen LogP contribution >= 0.6 is 23.4 Å². The van der Waals surface area contributed by atoms with Crippen molar-refractivity contribution in [3.8, 4) is 5.75 Å². The lowest BCUT2D eigenvalue weighted by Crippen LogP contribution is -2.30. The zero-order valence-electron chi connectivity index (χ0n) is 10.1. The van der Waals surface area contributed by atoms with Crippen LogP contribution in [0.3, 0.4) is 0 Å². The van der Waals surface area contributed by atoms with Crippen LogP contribution in [0.2, 0.25) is 5.02 Å². The molecule has 8 heteroatoms. The quantitative estimate of drug-likeness (QED) is 0.408. The molecule has 0 radical (unpaired) electrons. The molecule has 2 rings (SSSR count). The minimum absolute atomic E-state index is 0.0492. The first-order valence-corrected chi connectivity index (χ1v) is 6.67. The highest BCUT2D eigenvalue weighted by molar-refractivity contribution is 6.63. The van der Waals surface area contributed by atoms with Crippen LogP contribution in [0.15, 0.2) is 12.1 Å². The molecular weight excluding hydrogens is 292 g/mol. The molecule has 1 aromatic carbocycles. The molecule has 0 bridgehead atoms. The molecule has 19 heavy (non-hydrogen) atoms. The first kappa shape index (κ1) is 14.9. The zero-order valence-corrected chi connectivity index (χ0v) is 11.6. The average Bonchev–Trinajstić information content (AvgIpc) is 2.71. The van der Waals surface area contributed by atoms with Crippen LogP contribution in [0.1, 0.15) is 18.1 Å². The van der Waals surface area contributed by atoms with Gasteiger partial charge in [-0.1, -0.05) is 11.6 Å². The van der Waals surface area contributed by atoms with Crippen LogP contribution in [0.4, 0.5) is 0 Å². The van der Waals surface area contributed by atoms with Crippen molar-refractivity contribution in [1.82, 2.24) is 4.84 Å². The highest BCUT2D eigenvalue weighted by Crippen LogP contribution is 2.33. The molecule has 0 aliphatic carbocycles. The summed E-state index contributed by atoms with van der Waals surface area (Å²) in [6, 6.07) is 3.37. The number of fused-ring (bicyclic) bond motifs is 1. The highest BCUT2D eigenvalue weighted by atomic mass is 35.5. The van der Waals surface area contributed by atoms with Crippen molar-refractivity contribution >= 4 is 36.0 Å². The van der Waals surface area contributed by atoms with Gasteiger partial charge < -0.3 is 19.5 Å². The summed E-state index contributed by atoms with van der Waals surface area (Å²) < 4.78 is 10.9. The predicted molar refractivity (Wildman–Crippen MR) is 73.9 cm³/mol. The SMILES string of the molecule is OCCCOc1ccc(Cl)c2c1B(O)OC2CNCl. The lowest BCUT2D eigenvalue weighted by atomic mass is 9.78. The predicted octanol–water partition coefficient (Wildman–Crippen LogP) is 0.603. The molecule has 0 amide bonds. The zero-order chi connectivity index (χ0) is 13.8. The second-order valence-electron chi connectivity index (χ2n) is 4.11. The van der Waals surface area contributed by atoms with Gasteiger partial charge in [0.15, 0.2) is 0 Å². The fourth-order valence-electron chi connectivity index (χ4n) is 2.06. The normalized spacial score (nSPS) is 17.7. The molecule has 0 saturated heterocycles. The standard InChI is InChI=1S/C11H14BCl2NO4/c13-7-2-3-8(18-5-1-4-16)11-10(7)9(6-15-14)19-12(11)17/h2-3,9,15-17H,1,4-6H2. The summed E-state index contributed by atoms with van der Waals surface area (Å²) in [4.78, 5) is 2.47. The summed E-state index contributed by atoms with van der Waals surface area (Å²) in [7, 11) is -1.09. The van der Waals surface area contributed by atoms with Gasteiger partial charge in [-0.3, -0.25) is 0 Å². The molecule has 1 atom stereocenters. The van der Waals surface area contributed by atoms with Crippen LogP contribution in [-0.4, -0.2) is 37.0 Å². The van der Waals surface area contributed by atoms with Crippen molar-refractivity contribution in [1.29, 1.82) is 0 Å². The largest absolute Gasteiger partial charge is 0.495 e. The number of aliphatic hydroxyl groups excluding tert-OH is 1. The Morgan fingerprint density at radius 3 is 2.95 bits per heavy atom. The van der Waals surface area contributed by atoms with Gasteiger partial charge in [-0.15, -0.1) is 0 Å². The van der Waals surface area contributed by atoms with Crippen molar-refractivity contribution in [3.63, 3.8) is 0 Å². The molecule has 1 aliphatic rings. The number of ether oxygens (including phenoxy) is 1. The Morgan fingerprint density at radius 2 is 2.26 bits per heavy atom. The van der Waals surface area contributed by atoms with E-state index in [9.17, 15) is 5.02 Å². The summed E-state index contributed by atoms with van der Waals surface area (Å²) >= 11 is 11.6. The highest BCUT2D eigenvalue weighted by Gasteiger charge is 2.39. The second kappa shape index (κ2) is 6.79. The van der Waals surface area contributed by atoms with Gasteiger partial charge in [-0.25, -0.2) is 4.84 Å². The fraction of sp³-hybridized carbons (Fsp3) is 0.455. The van der Waals surface area contributed by atoms with Crippen molar-refractivity contribution < 1.29 is 19.5 Å². The third-order valence-corrected chi connectivity index (χ3v) is 3.36. The van der Waals surface area contributed by atoms with Crippen molar-refractivity contribution in [3.05, 3.63) is 22.7 Å². The van der Waals surface area contributed by atoms with Gasteiger partial charge in [-0.05, 0) is 23.9 Å². The number of rotatable bonds is 6. The third-order valence-electron chi connectivity index (χ3n) is 2.88. The molecule has 0 spiro atoms. The summed E-state index contributed by atoms with van der Waals surface area (Å²) in [6.45, 7) is 0.731. The Balaban J connectivity index is 2.28. The lowest BCUT2D eigenvalue weighted by Gasteiger charge is -2.13. The van der Waals surface area contributed by atoms with Gasteiger partial charge >= 0.3 is 7.12 Å². The van der Waals surface area contributed by atoms with E-state index in [1.165, 1.54) is 0 Å². The molecule has 0 saturated carbocycles. The Kier molecular flexibility index (Phi) is 5.32. The maximum absolute atomic E-state index is 9.96. The summed E-state index contributed by atoms with van der Waals surface area (Å²) in [5.41, 5.74) is 1.21. The molecule has 1 heterocycles.